The number of Topliss-reactive ketones (excluding diaryl/α,β-unsaturated/α-hetero) is 1. The summed E-state index contributed by atoms with van der Waals surface area (Å²) in [4.78, 5) is 15.9. The molecule has 33 heavy (non-hydrogen) atoms. The van der Waals surface area contributed by atoms with Crippen LogP contribution in [-0.2, 0) is 0 Å². The van der Waals surface area contributed by atoms with Crippen molar-refractivity contribution in [2.75, 3.05) is 32.8 Å². The quantitative estimate of drug-likeness (QED) is 0.499. The standard InChI is InChI=1S/C26H33FN2O4/c1-16-19(7-3-8-22(16)27)24-20(25-23(32)9-4-10-28-25)14-29(11-12-30)15-21(24)26(33)17-5-2-6-18(31)13-17/h2-3,5-8,13,20-21,23-25,28,30-32H,4,9-12,14-15H2,1H3/t20-,21?,23-,24+,25+/m0/s1. The zero-order chi connectivity index (χ0) is 23.5. The SMILES string of the molecule is Cc1c(F)cccc1[C@H]1C(C(=O)c2cccc(O)c2)CN(CCO)C[C@@H]1[C@H]1NCCC[C@@H]1O. The second kappa shape index (κ2) is 10.3. The van der Waals surface area contributed by atoms with Gasteiger partial charge in [-0.2, -0.15) is 0 Å². The summed E-state index contributed by atoms with van der Waals surface area (Å²) in [7, 11) is 0. The number of hydrogen-bond donors (Lipinski definition) is 4. The summed E-state index contributed by atoms with van der Waals surface area (Å²) in [6.45, 7) is 3.89. The number of aliphatic hydroxyl groups is 2. The van der Waals surface area contributed by atoms with Crippen molar-refractivity contribution >= 4 is 5.78 Å². The van der Waals surface area contributed by atoms with Crippen molar-refractivity contribution in [3.8, 4) is 5.75 Å². The molecule has 1 unspecified atom stereocenters. The summed E-state index contributed by atoms with van der Waals surface area (Å²) >= 11 is 0. The smallest absolute Gasteiger partial charge is 0.167 e. The number of hydrogen-bond acceptors (Lipinski definition) is 6. The number of aromatic hydroxyl groups is 1. The van der Waals surface area contributed by atoms with E-state index in [1.165, 1.54) is 18.2 Å². The number of benzene rings is 2. The van der Waals surface area contributed by atoms with Gasteiger partial charge in [0.15, 0.2) is 5.78 Å². The van der Waals surface area contributed by atoms with Crippen LogP contribution >= 0.6 is 0 Å². The van der Waals surface area contributed by atoms with Crippen molar-refractivity contribution < 1.29 is 24.5 Å². The van der Waals surface area contributed by atoms with Crippen molar-refractivity contribution in [3.05, 3.63) is 65.0 Å². The van der Waals surface area contributed by atoms with Crippen LogP contribution in [0.5, 0.6) is 5.75 Å². The first-order chi connectivity index (χ1) is 15.9. The van der Waals surface area contributed by atoms with Gasteiger partial charge in [0.2, 0.25) is 0 Å². The molecule has 0 radical (unpaired) electrons. The van der Waals surface area contributed by atoms with Gasteiger partial charge in [0.25, 0.3) is 0 Å². The fourth-order valence-electron chi connectivity index (χ4n) is 5.72. The Hall–Kier alpha value is -2.32. The fourth-order valence-corrected chi connectivity index (χ4v) is 5.72. The normalized spacial score (nSPS) is 28.5. The summed E-state index contributed by atoms with van der Waals surface area (Å²) in [5.74, 6) is -1.43. The largest absolute Gasteiger partial charge is 0.508 e. The minimum atomic E-state index is -0.564. The van der Waals surface area contributed by atoms with E-state index in [0.717, 1.165) is 18.5 Å². The van der Waals surface area contributed by atoms with Crippen molar-refractivity contribution in [2.24, 2.45) is 11.8 Å². The van der Waals surface area contributed by atoms with Gasteiger partial charge >= 0.3 is 0 Å². The number of rotatable bonds is 6. The number of carbonyl (C=O) groups is 1. The lowest BCUT2D eigenvalue weighted by Crippen LogP contribution is -2.59. The monoisotopic (exact) mass is 456 g/mol. The molecule has 2 aliphatic heterocycles. The van der Waals surface area contributed by atoms with E-state index in [4.69, 9.17) is 0 Å². The molecule has 0 amide bonds. The Balaban J connectivity index is 1.82. The fraction of sp³-hybridized carbons (Fsp3) is 0.500. The molecule has 7 heteroatoms. The van der Waals surface area contributed by atoms with Crippen LogP contribution in [-0.4, -0.2) is 70.9 Å². The van der Waals surface area contributed by atoms with Gasteiger partial charge in [-0.3, -0.25) is 9.69 Å². The lowest BCUT2D eigenvalue weighted by Gasteiger charge is -2.49. The Morgan fingerprint density at radius 3 is 2.73 bits per heavy atom. The van der Waals surface area contributed by atoms with Crippen molar-refractivity contribution in [1.29, 1.82) is 0 Å². The molecule has 0 aliphatic carbocycles. The van der Waals surface area contributed by atoms with E-state index in [1.54, 1.807) is 25.1 Å². The minimum Gasteiger partial charge on any atom is -0.508 e. The number of halogens is 1. The van der Waals surface area contributed by atoms with Gasteiger partial charge < -0.3 is 20.6 Å². The molecule has 2 aromatic carbocycles. The van der Waals surface area contributed by atoms with Crippen molar-refractivity contribution in [3.63, 3.8) is 0 Å². The van der Waals surface area contributed by atoms with Crippen molar-refractivity contribution in [2.45, 2.75) is 37.8 Å². The van der Waals surface area contributed by atoms with Crippen LogP contribution in [0.4, 0.5) is 4.39 Å². The molecule has 0 spiro atoms. The summed E-state index contributed by atoms with van der Waals surface area (Å²) in [5.41, 5.74) is 1.70. The van der Waals surface area contributed by atoms with E-state index >= 15 is 0 Å². The van der Waals surface area contributed by atoms with Gasteiger partial charge in [-0.25, -0.2) is 4.39 Å². The summed E-state index contributed by atoms with van der Waals surface area (Å²) in [6, 6.07) is 11.1. The first-order valence-electron chi connectivity index (χ1n) is 11.7. The van der Waals surface area contributed by atoms with Gasteiger partial charge in [-0.15, -0.1) is 0 Å². The average molecular weight is 457 g/mol. The number of phenolic OH excluding ortho intramolecular Hbond substituents is 1. The van der Waals surface area contributed by atoms with Gasteiger partial charge in [0.05, 0.1) is 12.7 Å². The zero-order valence-electron chi connectivity index (χ0n) is 19.0. The molecule has 2 saturated heterocycles. The van der Waals surface area contributed by atoms with Gasteiger partial charge in [0.1, 0.15) is 11.6 Å². The Morgan fingerprint density at radius 2 is 2.00 bits per heavy atom. The predicted octanol–water partition coefficient (Wildman–Crippen LogP) is 2.46. The van der Waals surface area contributed by atoms with Crippen LogP contribution in [0, 0.1) is 24.6 Å². The number of ketones is 1. The summed E-state index contributed by atoms with van der Waals surface area (Å²) in [5, 5.41) is 33.9. The van der Waals surface area contributed by atoms with E-state index in [0.29, 0.717) is 37.2 Å². The minimum absolute atomic E-state index is 0.0169. The number of β-amino-alcohol motifs (C(OH)–C–C–N with tert-alkyl or cyclic N) is 1. The highest BCUT2D eigenvalue weighted by atomic mass is 19.1. The van der Waals surface area contributed by atoms with Crippen LogP contribution in [0.2, 0.25) is 0 Å². The maximum Gasteiger partial charge on any atom is 0.167 e. The molecule has 0 aromatic heterocycles. The summed E-state index contributed by atoms with van der Waals surface area (Å²) < 4.78 is 14.7. The van der Waals surface area contributed by atoms with Crippen LogP contribution < -0.4 is 5.32 Å². The lowest BCUT2D eigenvalue weighted by molar-refractivity contribution is 0.00879. The van der Waals surface area contributed by atoms with E-state index in [-0.39, 0.29) is 41.8 Å². The van der Waals surface area contributed by atoms with E-state index in [2.05, 4.69) is 10.2 Å². The molecule has 4 N–H and O–H groups in total. The molecule has 2 fully saturated rings. The van der Waals surface area contributed by atoms with Gasteiger partial charge in [-0.05, 0) is 61.6 Å². The van der Waals surface area contributed by atoms with E-state index in [9.17, 15) is 24.5 Å². The number of carbonyl (C=O) groups excluding carboxylic acids is 1. The maximum absolute atomic E-state index is 14.7. The molecule has 4 rings (SSSR count). The summed E-state index contributed by atoms with van der Waals surface area (Å²) in [6.07, 6.45) is 0.986. The first-order valence-corrected chi connectivity index (χ1v) is 11.7. The van der Waals surface area contributed by atoms with Crippen LogP contribution in [0.15, 0.2) is 42.5 Å². The number of likely N-dealkylation sites (tertiary alicyclic amines) is 1. The zero-order valence-corrected chi connectivity index (χ0v) is 19.0. The molecule has 178 valence electrons. The predicted molar refractivity (Wildman–Crippen MR) is 124 cm³/mol. The average Bonchev–Trinajstić information content (AvgIpc) is 2.81. The molecular formula is C26H33FN2O4. The Morgan fingerprint density at radius 1 is 1.21 bits per heavy atom. The second-order valence-electron chi connectivity index (χ2n) is 9.34. The Labute approximate surface area is 194 Å². The molecule has 0 bridgehead atoms. The number of phenols is 1. The van der Waals surface area contributed by atoms with Gasteiger partial charge in [0, 0.05) is 43.1 Å². The molecule has 0 saturated carbocycles. The third-order valence-electron chi connectivity index (χ3n) is 7.30. The number of nitrogens with zero attached hydrogens (tertiary/aromatic N) is 1. The first kappa shape index (κ1) is 23.8. The molecule has 2 heterocycles. The van der Waals surface area contributed by atoms with E-state index in [1.807, 2.05) is 6.07 Å². The number of aliphatic hydroxyl groups excluding tert-OH is 2. The van der Waals surface area contributed by atoms with Crippen molar-refractivity contribution in [1.82, 2.24) is 10.2 Å². The molecule has 2 aliphatic rings. The molecule has 5 atom stereocenters. The lowest BCUT2D eigenvalue weighted by atomic mass is 9.66. The van der Waals surface area contributed by atoms with Crippen LogP contribution in [0.25, 0.3) is 0 Å². The third-order valence-corrected chi connectivity index (χ3v) is 7.30. The highest BCUT2D eigenvalue weighted by Gasteiger charge is 2.47. The molecule has 2 aromatic rings. The Kier molecular flexibility index (Phi) is 7.44. The van der Waals surface area contributed by atoms with Crippen LogP contribution in [0.3, 0.4) is 0 Å². The highest BCUT2D eigenvalue weighted by molar-refractivity contribution is 5.99. The van der Waals surface area contributed by atoms with Crippen LogP contribution in [0.1, 0.15) is 40.2 Å². The second-order valence-corrected chi connectivity index (χ2v) is 9.34. The maximum atomic E-state index is 14.7. The highest BCUT2D eigenvalue weighted by Crippen LogP contribution is 2.43. The third kappa shape index (κ3) is 4.96. The number of nitrogens with one attached hydrogen (secondary N) is 1. The molecular weight excluding hydrogens is 423 g/mol. The van der Waals surface area contributed by atoms with Gasteiger partial charge in [-0.1, -0.05) is 24.3 Å². The molecule has 6 nitrogen and oxygen atoms in total. The topological polar surface area (TPSA) is 93.0 Å². The number of piperidine rings is 2. The Bertz CT molecular complexity index is 985. The van der Waals surface area contributed by atoms with E-state index < -0.39 is 12.0 Å².